The summed E-state index contributed by atoms with van der Waals surface area (Å²) in [5, 5.41) is 12.1. The van der Waals surface area contributed by atoms with Gasteiger partial charge in [-0.1, -0.05) is 57.6 Å². The lowest BCUT2D eigenvalue weighted by atomic mass is 9.97. The predicted molar refractivity (Wildman–Crippen MR) is 93.5 cm³/mol. The van der Waals surface area contributed by atoms with Gasteiger partial charge < -0.3 is 10.4 Å². The molecule has 1 unspecified atom stereocenters. The van der Waals surface area contributed by atoms with Crippen LogP contribution in [0.5, 0.6) is 0 Å². The summed E-state index contributed by atoms with van der Waals surface area (Å²) < 4.78 is 0. The van der Waals surface area contributed by atoms with Crippen molar-refractivity contribution in [1.29, 1.82) is 0 Å². The summed E-state index contributed by atoms with van der Waals surface area (Å²) in [6.07, 6.45) is 7.33. The first-order valence-corrected chi connectivity index (χ1v) is 8.62. The minimum Gasteiger partial charge on any atom is -0.481 e. The zero-order valence-electron chi connectivity index (χ0n) is 14.3. The van der Waals surface area contributed by atoms with Crippen LogP contribution in [-0.4, -0.2) is 17.0 Å². The van der Waals surface area contributed by atoms with Crippen molar-refractivity contribution in [2.24, 2.45) is 5.92 Å². The van der Waals surface area contributed by atoms with Crippen molar-refractivity contribution in [2.75, 3.05) is 5.32 Å². The Balaban J connectivity index is 2.36. The lowest BCUT2D eigenvalue weighted by Crippen LogP contribution is -2.22. The summed E-state index contributed by atoms with van der Waals surface area (Å²) in [5.41, 5.74) is 1.78. The van der Waals surface area contributed by atoms with Crippen LogP contribution in [0.15, 0.2) is 24.3 Å². The topological polar surface area (TPSA) is 66.4 Å². The Morgan fingerprint density at radius 3 is 2.48 bits per heavy atom. The van der Waals surface area contributed by atoms with Gasteiger partial charge in [-0.3, -0.25) is 9.59 Å². The Morgan fingerprint density at radius 2 is 1.83 bits per heavy atom. The van der Waals surface area contributed by atoms with Gasteiger partial charge in [0.1, 0.15) is 0 Å². The molecule has 1 aromatic carbocycles. The third-order valence-electron chi connectivity index (χ3n) is 3.99. The Labute approximate surface area is 139 Å². The molecule has 4 nitrogen and oxygen atoms in total. The van der Waals surface area contributed by atoms with Crippen LogP contribution in [0, 0.1) is 12.8 Å². The average Bonchev–Trinajstić information content (AvgIpc) is 2.49. The highest BCUT2D eigenvalue weighted by Gasteiger charge is 2.20. The van der Waals surface area contributed by atoms with E-state index in [2.05, 4.69) is 12.2 Å². The van der Waals surface area contributed by atoms with Gasteiger partial charge in [0.2, 0.25) is 5.91 Å². The molecule has 0 saturated carbocycles. The van der Waals surface area contributed by atoms with Gasteiger partial charge in [-0.15, -0.1) is 0 Å². The highest BCUT2D eigenvalue weighted by Crippen LogP contribution is 2.17. The molecule has 0 aliphatic heterocycles. The van der Waals surface area contributed by atoms with Crippen molar-refractivity contribution in [2.45, 2.75) is 65.2 Å². The van der Waals surface area contributed by atoms with Gasteiger partial charge in [-0.05, 0) is 31.0 Å². The SMILES string of the molecule is CCCCCCCCC(CC(=O)Nc1cccc(C)c1)C(=O)O. The highest BCUT2D eigenvalue weighted by atomic mass is 16.4. The van der Waals surface area contributed by atoms with E-state index in [0.29, 0.717) is 6.42 Å². The monoisotopic (exact) mass is 319 g/mol. The van der Waals surface area contributed by atoms with Crippen molar-refractivity contribution in [1.82, 2.24) is 0 Å². The van der Waals surface area contributed by atoms with Crippen LogP contribution in [0.3, 0.4) is 0 Å². The maximum absolute atomic E-state index is 12.0. The summed E-state index contributed by atoms with van der Waals surface area (Å²) in [7, 11) is 0. The number of carbonyl (C=O) groups excluding carboxylic acids is 1. The van der Waals surface area contributed by atoms with Gasteiger partial charge in [0.05, 0.1) is 5.92 Å². The number of anilines is 1. The maximum atomic E-state index is 12.0. The number of carboxylic acid groups (broad SMARTS) is 1. The van der Waals surface area contributed by atoms with Crippen molar-refractivity contribution in [3.05, 3.63) is 29.8 Å². The molecule has 0 bridgehead atoms. The van der Waals surface area contributed by atoms with Crippen LogP contribution in [0.25, 0.3) is 0 Å². The summed E-state index contributed by atoms with van der Waals surface area (Å²) >= 11 is 0. The van der Waals surface area contributed by atoms with Crippen LogP contribution in [-0.2, 0) is 9.59 Å². The fraction of sp³-hybridized carbons (Fsp3) is 0.579. The van der Waals surface area contributed by atoms with Gasteiger partial charge in [0.25, 0.3) is 0 Å². The molecule has 0 radical (unpaired) electrons. The van der Waals surface area contributed by atoms with E-state index in [1.165, 1.54) is 19.3 Å². The van der Waals surface area contributed by atoms with E-state index in [9.17, 15) is 14.7 Å². The number of unbranched alkanes of at least 4 members (excludes halogenated alkanes) is 5. The summed E-state index contributed by atoms with van der Waals surface area (Å²) in [6, 6.07) is 7.51. The van der Waals surface area contributed by atoms with Gasteiger partial charge in [-0.2, -0.15) is 0 Å². The number of amides is 1. The fourth-order valence-corrected chi connectivity index (χ4v) is 2.64. The van der Waals surface area contributed by atoms with Crippen molar-refractivity contribution in [3.63, 3.8) is 0 Å². The number of aryl methyl sites for hydroxylation is 1. The van der Waals surface area contributed by atoms with Crippen molar-refractivity contribution >= 4 is 17.6 Å². The summed E-state index contributed by atoms with van der Waals surface area (Å²) in [5.74, 6) is -1.70. The van der Waals surface area contributed by atoms with E-state index in [4.69, 9.17) is 0 Å². The summed E-state index contributed by atoms with van der Waals surface area (Å²) in [4.78, 5) is 23.4. The second kappa shape index (κ2) is 10.8. The number of nitrogens with one attached hydrogen (secondary N) is 1. The second-order valence-corrected chi connectivity index (χ2v) is 6.21. The molecular formula is C19H29NO3. The van der Waals surface area contributed by atoms with Crippen LogP contribution in [0.2, 0.25) is 0 Å². The van der Waals surface area contributed by atoms with Gasteiger partial charge in [0, 0.05) is 12.1 Å². The van der Waals surface area contributed by atoms with E-state index in [1.54, 1.807) is 0 Å². The molecule has 0 aromatic heterocycles. The molecule has 1 atom stereocenters. The molecule has 128 valence electrons. The zero-order valence-corrected chi connectivity index (χ0v) is 14.3. The first-order chi connectivity index (χ1) is 11.0. The number of benzene rings is 1. The smallest absolute Gasteiger partial charge is 0.307 e. The van der Waals surface area contributed by atoms with Gasteiger partial charge >= 0.3 is 5.97 Å². The number of aliphatic carboxylic acids is 1. The van der Waals surface area contributed by atoms with E-state index in [0.717, 1.165) is 30.5 Å². The van der Waals surface area contributed by atoms with E-state index < -0.39 is 11.9 Å². The number of carboxylic acids is 1. The number of carbonyl (C=O) groups is 2. The third-order valence-corrected chi connectivity index (χ3v) is 3.99. The highest BCUT2D eigenvalue weighted by molar-refractivity contribution is 5.93. The van der Waals surface area contributed by atoms with Crippen LogP contribution < -0.4 is 5.32 Å². The Morgan fingerprint density at radius 1 is 1.13 bits per heavy atom. The number of hydrogen-bond donors (Lipinski definition) is 2. The molecule has 23 heavy (non-hydrogen) atoms. The molecule has 1 amide bonds. The molecule has 0 aliphatic carbocycles. The summed E-state index contributed by atoms with van der Waals surface area (Å²) in [6.45, 7) is 4.13. The first kappa shape index (κ1) is 19.2. The van der Waals surface area contributed by atoms with Gasteiger partial charge in [0.15, 0.2) is 0 Å². The Kier molecular flexibility index (Phi) is 9.03. The van der Waals surface area contributed by atoms with Crippen molar-refractivity contribution in [3.8, 4) is 0 Å². The molecular weight excluding hydrogens is 290 g/mol. The molecule has 0 fully saturated rings. The maximum Gasteiger partial charge on any atom is 0.307 e. The lowest BCUT2D eigenvalue weighted by Gasteiger charge is -2.12. The quantitative estimate of drug-likeness (QED) is 0.577. The first-order valence-electron chi connectivity index (χ1n) is 8.62. The van der Waals surface area contributed by atoms with Crippen LogP contribution >= 0.6 is 0 Å². The van der Waals surface area contributed by atoms with Gasteiger partial charge in [-0.25, -0.2) is 0 Å². The lowest BCUT2D eigenvalue weighted by molar-refractivity contribution is -0.143. The van der Waals surface area contributed by atoms with E-state index in [1.807, 2.05) is 31.2 Å². The van der Waals surface area contributed by atoms with Crippen LogP contribution in [0.1, 0.15) is 63.9 Å². The minimum atomic E-state index is -0.877. The molecule has 0 spiro atoms. The third kappa shape index (κ3) is 8.38. The molecule has 1 aromatic rings. The fourth-order valence-electron chi connectivity index (χ4n) is 2.64. The second-order valence-electron chi connectivity index (χ2n) is 6.21. The standard InChI is InChI=1S/C19H29NO3/c1-3-4-5-6-7-8-11-16(19(22)23)14-18(21)20-17-12-9-10-15(2)13-17/h9-10,12-13,16H,3-8,11,14H2,1-2H3,(H,20,21)(H,22,23). The molecule has 4 heteroatoms. The molecule has 0 heterocycles. The molecule has 1 rings (SSSR count). The zero-order chi connectivity index (χ0) is 17.1. The average molecular weight is 319 g/mol. The van der Waals surface area contributed by atoms with E-state index >= 15 is 0 Å². The normalized spacial score (nSPS) is 11.9. The van der Waals surface area contributed by atoms with Crippen LogP contribution in [0.4, 0.5) is 5.69 Å². The minimum absolute atomic E-state index is 0.0399. The largest absolute Gasteiger partial charge is 0.481 e. The molecule has 2 N–H and O–H groups in total. The van der Waals surface area contributed by atoms with Crippen molar-refractivity contribution < 1.29 is 14.7 Å². The molecule has 0 aliphatic rings. The number of hydrogen-bond acceptors (Lipinski definition) is 2. The Hall–Kier alpha value is -1.84. The predicted octanol–water partition coefficient (Wildman–Crippen LogP) is 4.78. The number of rotatable bonds is 11. The molecule has 0 saturated heterocycles. The Bertz CT molecular complexity index is 499. The van der Waals surface area contributed by atoms with E-state index in [-0.39, 0.29) is 12.3 Å².